The number of carboxylic acids is 1. The third-order valence-electron chi connectivity index (χ3n) is 16.2. The maximum absolute atomic E-state index is 13.9. The molecule has 5 saturated carbocycles. The van der Waals surface area contributed by atoms with Crippen molar-refractivity contribution in [3.63, 3.8) is 0 Å². The number of hydrogen-bond acceptors (Lipinski definition) is 6. The number of aliphatic hydroxyl groups excluding tert-OH is 1. The van der Waals surface area contributed by atoms with Gasteiger partial charge in [0.1, 0.15) is 6.10 Å². The Morgan fingerprint density at radius 1 is 0.917 bits per heavy atom. The molecular weight excluding hydrogens is 602 g/mol. The summed E-state index contributed by atoms with van der Waals surface area (Å²) in [4.78, 5) is 38.7. The zero-order valence-electron chi connectivity index (χ0n) is 31.5. The number of carbonyl (C=O) groups is 3. The van der Waals surface area contributed by atoms with E-state index in [0.29, 0.717) is 36.8 Å². The van der Waals surface area contributed by atoms with E-state index in [1.54, 1.807) is 13.8 Å². The summed E-state index contributed by atoms with van der Waals surface area (Å²) in [6, 6.07) is 0.503. The molecule has 3 N–H and O–H groups in total. The summed E-state index contributed by atoms with van der Waals surface area (Å²) < 4.78 is 6.15. The van der Waals surface area contributed by atoms with Gasteiger partial charge in [-0.25, -0.2) is 0 Å². The molecule has 2 unspecified atom stereocenters. The van der Waals surface area contributed by atoms with E-state index in [2.05, 4.69) is 53.8 Å². The van der Waals surface area contributed by atoms with Crippen molar-refractivity contribution in [2.75, 3.05) is 6.54 Å². The molecule has 9 atom stereocenters. The Morgan fingerprint density at radius 2 is 1.60 bits per heavy atom. The number of ketones is 1. The van der Waals surface area contributed by atoms with Gasteiger partial charge in [-0.2, -0.15) is 0 Å². The van der Waals surface area contributed by atoms with Gasteiger partial charge in [-0.3, -0.25) is 14.4 Å². The van der Waals surface area contributed by atoms with Gasteiger partial charge in [-0.1, -0.05) is 60.5 Å². The fraction of sp³-hybridized carbons (Fsp3) is 0.878. The molecule has 0 saturated heterocycles. The molecule has 7 heteroatoms. The summed E-state index contributed by atoms with van der Waals surface area (Å²) in [5.74, 6) is 0.251. The summed E-state index contributed by atoms with van der Waals surface area (Å²) in [6.07, 6.45) is 11.3. The van der Waals surface area contributed by atoms with Crippen LogP contribution < -0.4 is 5.32 Å². The van der Waals surface area contributed by atoms with Crippen LogP contribution >= 0.6 is 0 Å². The lowest BCUT2D eigenvalue weighted by Crippen LogP contribution is -2.66. The van der Waals surface area contributed by atoms with Crippen molar-refractivity contribution in [3.8, 4) is 0 Å². The van der Waals surface area contributed by atoms with Crippen molar-refractivity contribution in [1.29, 1.82) is 0 Å². The normalized spacial score (nSPS) is 41.5. The predicted molar refractivity (Wildman–Crippen MR) is 187 cm³/mol. The van der Waals surface area contributed by atoms with Crippen molar-refractivity contribution >= 4 is 17.7 Å². The molecule has 0 spiro atoms. The number of allylic oxidation sites excluding steroid dienone is 1. The number of rotatable bonds is 9. The zero-order valence-corrected chi connectivity index (χ0v) is 31.5. The molecule has 0 bridgehead atoms. The summed E-state index contributed by atoms with van der Waals surface area (Å²) in [7, 11) is 0. The molecule has 6 aliphatic carbocycles. The van der Waals surface area contributed by atoms with Gasteiger partial charge in [-0.05, 0) is 124 Å². The van der Waals surface area contributed by atoms with Gasteiger partial charge in [0, 0.05) is 29.8 Å². The van der Waals surface area contributed by atoms with E-state index in [1.807, 2.05) is 0 Å². The summed E-state index contributed by atoms with van der Waals surface area (Å²) in [5, 5.41) is 25.2. The lowest BCUT2D eigenvalue weighted by molar-refractivity contribution is -0.235. The number of carboxylic acid groups (broad SMARTS) is 1. The lowest BCUT2D eigenvalue weighted by atomic mass is 9.33. The molecule has 5 fully saturated rings. The van der Waals surface area contributed by atoms with Crippen molar-refractivity contribution in [2.45, 2.75) is 164 Å². The molecule has 48 heavy (non-hydrogen) atoms. The van der Waals surface area contributed by atoms with Gasteiger partial charge in [0.05, 0.1) is 17.9 Å². The largest absolute Gasteiger partial charge is 0.481 e. The first kappa shape index (κ1) is 36.1. The minimum Gasteiger partial charge on any atom is -0.481 e. The fourth-order valence-corrected chi connectivity index (χ4v) is 13.0. The highest BCUT2D eigenvalue weighted by Gasteiger charge is 2.70. The van der Waals surface area contributed by atoms with E-state index in [-0.39, 0.29) is 45.9 Å². The molecule has 0 aromatic carbocycles. The second-order valence-corrected chi connectivity index (χ2v) is 19.6. The maximum Gasteiger partial charge on any atom is 0.309 e. The third-order valence-corrected chi connectivity index (χ3v) is 16.2. The summed E-state index contributed by atoms with van der Waals surface area (Å²) >= 11 is 0. The predicted octanol–water partition coefficient (Wildman–Crippen LogP) is 7.88. The van der Waals surface area contributed by atoms with Crippen molar-refractivity contribution in [1.82, 2.24) is 5.32 Å². The van der Waals surface area contributed by atoms with Gasteiger partial charge < -0.3 is 20.3 Å². The van der Waals surface area contributed by atoms with Crippen LogP contribution in [0.1, 0.15) is 146 Å². The van der Waals surface area contributed by atoms with Crippen LogP contribution in [0.5, 0.6) is 0 Å². The topological polar surface area (TPSA) is 113 Å². The number of carbonyl (C=O) groups excluding carboxylic acids is 2. The van der Waals surface area contributed by atoms with E-state index in [1.165, 1.54) is 24.8 Å². The molecule has 6 aliphatic rings. The van der Waals surface area contributed by atoms with E-state index in [9.17, 15) is 24.6 Å². The fourth-order valence-electron chi connectivity index (χ4n) is 13.0. The number of aliphatic hydroxyl groups is 1. The monoisotopic (exact) mass is 667 g/mol. The molecule has 0 aliphatic heterocycles. The van der Waals surface area contributed by atoms with Crippen LogP contribution in [0.2, 0.25) is 0 Å². The quantitative estimate of drug-likeness (QED) is 0.215. The van der Waals surface area contributed by atoms with Crippen LogP contribution in [0, 0.1) is 56.2 Å². The Kier molecular flexibility index (Phi) is 8.96. The molecule has 0 radical (unpaired) electrons. The Balaban J connectivity index is 1.28. The molecular formula is C41H65NO6. The van der Waals surface area contributed by atoms with Crippen LogP contribution in [-0.2, 0) is 19.1 Å². The van der Waals surface area contributed by atoms with Crippen LogP contribution in [-0.4, -0.2) is 52.7 Å². The van der Waals surface area contributed by atoms with E-state index < -0.39 is 28.9 Å². The highest BCUT2D eigenvalue weighted by atomic mass is 16.5. The van der Waals surface area contributed by atoms with Crippen LogP contribution in [0.25, 0.3) is 0 Å². The smallest absolute Gasteiger partial charge is 0.309 e. The van der Waals surface area contributed by atoms with Crippen molar-refractivity contribution in [3.05, 3.63) is 11.1 Å². The number of Topliss-reactive ketones (excluding diaryl/α,β-unsaturated/α-hetero) is 1. The average molecular weight is 668 g/mol. The number of aliphatic carboxylic acids is 1. The molecule has 0 amide bonds. The van der Waals surface area contributed by atoms with Crippen LogP contribution in [0.3, 0.4) is 0 Å². The minimum atomic E-state index is -1.15. The summed E-state index contributed by atoms with van der Waals surface area (Å²) in [6.45, 7) is 20.3. The first-order valence-corrected chi connectivity index (χ1v) is 19.4. The van der Waals surface area contributed by atoms with Gasteiger partial charge >= 0.3 is 11.9 Å². The van der Waals surface area contributed by atoms with E-state index in [0.717, 1.165) is 56.9 Å². The first-order chi connectivity index (χ1) is 22.2. The third kappa shape index (κ3) is 5.20. The zero-order chi connectivity index (χ0) is 35.2. The molecule has 0 aromatic heterocycles. The minimum absolute atomic E-state index is 0.0322. The lowest BCUT2D eigenvalue weighted by Gasteiger charge is -2.72. The van der Waals surface area contributed by atoms with Gasteiger partial charge in [0.2, 0.25) is 0 Å². The van der Waals surface area contributed by atoms with Gasteiger partial charge in [0.15, 0.2) is 5.78 Å². The second-order valence-electron chi connectivity index (χ2n) is 19.6. The molecule has 270 valence electrons. The molecule has 6 rings (SSSR count). The number of fused-ring (bicyclic) bond motifs is 7. The molecule has 7 nitrogen and oxygen atoms in total. The maximum atomic E-state index is 13.9. The highest BCUT2D eigenvalue weighted by molar-refractivity contribution is 6.00. The van der Waals surface area contributed by atoms with Gasteiger partial charge in [-0.15, -0.1) is 0 Å². The van der Waals surface area contributed by atoms with Crippen LogP contribution in [0.15, 0.2) is 11.1 Å². The first-order valence-electron chi connectivity index (χ1n) is 19.4. The Morgan fingerprint density at radius 3 is 2.21 bits per heavy atom. The van der Waals surface area contributed by atoms with E-state index >= 15 is 0 Å². The highest BCUT2D eigenvalue weighted by Crippen LogP contribution is 2.77. The average Bonchev–Trinajstić information content (AvgIpc) is 3.27. The van der Waals surface area contributed by atoms with Crippen molar-refractivity contribution < 1.29 is 29.3 Å². The number of ether oxygens (including phenoxy) is 1. The van der Waals surface area contributed by atoms with Crippen LogP contribution in [0.4, 0.5) is 0 Å². The molecule has 0 aromatic rings. The number of esters is 1. The Bertz CT molecular complexity index is 1360. The molecule has 0 heterocycles. The van der Waals surface area contributed by atoms with Crippen molar-refractivity contribution in [2.24, 2.45) is 56.2 Å². The summed E-state index contributed by atoms with van der Waals surface area (Å²) in [5.41, 5.74) is 0.770. The SMILES string of the molecule is CC(C)C1=C2C3CC[C@@H]4[C@@]5(C)CC[C@H](OC(=O)CC(C)(C)C(=O)O)C(C)(C)[C@H]5CC[C@@]4(C)[C@]3(C)CCC2([C@@H](O)CNC2CCC2)CC1=O. The Hall–Kier alpha value is -1.73. The standard InChI is InChI=1S/C41H65NO6/c1-24(2)33-27(43)21-41(30(44)23-42-25-11-10-12-25)20-19-39(8)26(34(33)41)13-14-29-38(7)17-16-31(48-32(45)22-36(3,4)35(46)47)37(5,6)28(38)15-18-40(29,39)9/h24-26,28-31,42,44H,10-23H2,1-9H3,(H,46,47)/t26?,28-,29-,30+,31+,38+,39-,40-,41?/m1/s1. The van der Waals surface area contributed by atoms with Gasteiger partial charge in [0.25, 0.3) is 0 Å². The Labute approximate surface area is 289 Å². The van der Waals surface area contributed by atoms with E-state index in [4.69, 9.17) is 4.74 Å². The number of nitrogens with one attached hydrogen (secondary N) is 1. The number of hydrogen-bond donors (Lipinski definition) is 3. The second kappa shape index (κ2) is 11.9.